The highest BCUT2D eigenvalue weighted by atomic mass is 32.1. The van der Waals surface area contributed by atoms with E-state index in [1.54, 1.807) is 0 Å². The zero-order valence-corrected chi connectivity index (χ0v) is 16.7. The maximum Gasteiger partial charge on any atom is 0.254 e. The zero-order valence-electron chi connectivity index (χ0n) is 15.9. The van der Waals surface area contributed by atoms with Gasteiger partial charge in [-0.2, -0.15) is 0 Å². The molecule has 5 aliphatic rings. The van der Waals surface area contributed by atoms with Gasteiger partial charge < -0.3 is 10.1 Å². The molecule has 3 saturated heterocycles. The molecule has 0 radical (unpaired) electrons. The first-order valence-electron chi connectivity index (χ1n) is 10.5. The number of thiophene rings is 1. The fraction of sp³-hybridized carbons (Fsp3) is 0.667. The Balaban J connectivity index is 1.43. The predicted octanol–water partition coefficient (Wildman–Crippen LogP) is 2.43. The topological polar surface area (TPSA) is 75.7 Å². The van der Waals surface area contributed by atoms with Crippen molar-refractivity contribution in [2.24, 2.45) is 17.8 Å². The Morgan fingerprint density at radius 1 is 1.07 bits per heavy atom. The minimum atomic E-state index is -0.358. The van der Waals surface area contributed by atoms with Crippen LogP contribution < -0.4 is 10.2 Å². The smallest absolute Gasteiger partial charge is 0.254 e. The largest absolute Gasteiger partial charge is 0.373 e. The van der Waals surface area contributed by atoms with Crippen molar-refractivity contribution in [3.8, 4) is 0 Å². The van der Waals surface area contributed by atoms with Gasteiger partial charge in [0, 0.05) is 10.9 Å². The summed E-state index contributed by atoms with van der Waals surface area (Å²) in [6, 6.07) is 0.243. The molecule has 3 aliphatic heterocycles. The van der Waals surface area contributed by atoms with Gasteiger partial charge in [0.05, 0.1) is 29.6 Å². The Morgan fingerprint density at radius 2 is 1.75 bits per heavy atom. The van der Waals surface area contributed by atoms with Gasteiger partial charge in [-0.3, -0.25) is 14.4 Å². The predicted molar refractivity (Wildman–Crippen MR) is 103 cm³/mol. The molecular formula is C21H24N2O4S. The summed E-state index contributed by atoms with van der Waals surface area (Å²) in [4.78, 5) is 42.2. The first kappa shape index (κ1) is 17.2. The van der Waals surface area contributed by atoms with E-state index in [1.807, 2.05) is 0 Å². The van der Waals surface area contributed by atoms with Crippen LogP contribution in [0, 0.1) is 17.8 Å². The average Bonchev–Trinajstić information content (AvgIpc) is 3.03. The quantitative estimate of drug-likeness (QED) is 0.791. The molecule has 1 aromatic rings. The normalized spacial score (nSPS) is 36.0. The van der Waals surface area contributed by atoms with Crippen LogP contribution in [0.25, 0.3) is 0 Å². The van der Waals surface area contributed by atoms with Crippen molar-refractivity contribution in [3.63, 3.8) is 0 Å². The molecule has 1 N–H and O–H groups in total. The number of fused-ring (bicyclic) bond motifs is 6. The van der Waals surface area contributed by atoms with Gasteiger partial charge in [0.25, 0.3) is 5.91 Å². The van der Waals surface area contributed by atoms with Gasteiger partial charge in [-0.15, -0.1) is 11.3 Å². The molecule has 0 aromatic carbocycles. The highest BCUT2D eigenvalue weighted by Gasteiger charge is 2.63. The van der Waals surface area contributed by atoms with Crippen LogP contribution in [-0.4, -0.2) is 36.0 Å². The van der Waals surface area contributed by atoms with E-state index in [0.29, 0.717) is 16.5 Å². The van der Waals surface area contributed by atoms with Gasteiger partial charge in [0.15, 0.2) is 0 Å². The van der Waals surface area contributed by atoms with Crippen LogP contribution in [0.1, 0.15) is 59.8 Å². The van der Waals surface area contributed by atoms with Gasteiger partial charge >= 0.3 is 0 Å². The second kappa shape index (κ2) is 5.89. The Bertz CT molecular complexity index is 876. The zero-order chi connectivity index (χ0) is 19.2. The van der Waals surface area contributed by atoms with E-state index in [4.69, 9.17) is 4.74 Å². The minimum Gasteiger partial charge on any atom is -0.373 e. The molecule has 28 heavy (non-hydrogen) atoms. The summed E-state index contributed by atoms with van der Waals surface area (Å²) < 4.78 is 5.85. The van der Waals surface area contributed by atoms with Crippen molar-refractivity contribution < 1.29 is 19.1 Å². The molecule has 4 fully saturated rings. The highest BCUT2D eigenvalue weighted by Crippen LogP contribution is 2.52. The number of amides is 3. The Morgan fingerprint density at radius 3 is 2.39 bits per heavy atom. The molecule has 5 atom stereocenters. The van der Waals surface area contributed by atoms with Gasteiger partial charge in [-0.05, 0) is 56.4 Å². The SMILES string of the molecule is C[C@@H]1CCc2c(sc(N3C(=O)[C@@H]4[C@@H](C3=O)[C@H]3CC[C@H]4O3)c2C(=O)NC2CC2)C1. The molecule has 148 valence electrons. The van der Waals surface area contributed by atoms with Crippen LogP contribution in [0.4, 0.5) is 5.00 Å². The highest BCUT2D eigenvalue weighted by molar-refractivity contribution is 7.17. The molecule has 1 saturated carbocycles. The third-order valence-electron chi connectivity index (χ3n) is 7.12. The number of imide groups is 1. The lowest BCUT2D eigenvalue weighted by atomic mass is 9.81. The van der Waals surface area contributed by atoms with Crippen LogP contribution in [0.3, 0.4) is 0 Å². The lowest BCUT2D eigenvalue weighted by Gasteiger charge is -2.19. The molecule has 7 heteroatoms. The van der Waals surface area contributed by atoms with Crippen LogP contribution in [0.2, 0.25) is 0 Å². The lowest BCUT2D eigenvalue weighted by molar-refractivity contribution is -0.124. The third-order valence-corrected chi connectivity index (χ3v) is 8.36. The summed E-state index contributed by atoms with van der Waals surface area (Å²) in [6.07, 6.45) is 6.27. The van der Waals surface area contributed by atoms with Gasteiger partial charge in [0.1, 0.15) is 5.00 Å². The maximum absolute atomic E-state index is 13.3. The van der Waals surface area contributed by atoms with Crippen molar-refractivity contribution in [1.29, 1.82) is 0 Å². The van der Waals surface area contributed by atoms with Crippen molar-refractivity contribution in [2.75, 3.05) is 4.90 Å². The number of hydrogen-bond donors (Lipinski definition) is 1. The lowest BCUT2D eigenvalue weighted by Crippen LogP contribution is -2.36. The summed E-state index contributed by atoms with van der Waals surface area (Å²) in [5.74, 6) is -0.579. The number of ether oxygens (including phenoxy) is 1. The molecule has 6 rings (SSSR count). The molecule has 3 amide bonds. The van der Waals surface area contributed by atoms with Crippen LogP contribution in [-0.2, 0) is 27.2 Å². The van der Waals surface area contributed by atoms with Crippen LogP contribution >= 0.6 is 11.3 Å². The van der Waals surface area contributed by atoms with Gasteiger partial charge in [-0.1, -0.05) is 6.92 Å². The average molecular weight is 401 g/mol. The molecule has 2 aliphatic carbocycles. The van der Waals surface area contributed by atoms with Crippen molar-refractivity contribution in [2.45, 2.75) is 70.1 Å². The molecule has 0 spiro atoms. The number of hydrogen-bond acceptors (Lipinski definition) is 5. The molecule has 2 bridgehead atoms. The van der Waals surface area contributed by atoms with Gasteiger partial charge in [0.2, 0.25) is 11.8 Å². The summed E-state index contributed by atoms with van der Waals surface area (Å²) in [7, 11) is 0. The monoisotopic (exact) mass is 400 g/mol. The number of anilines is 1. The maximum atomic E-state index is 13.3. The van der Waals surface area contributed by atoms with Crippen molar-refractivity contribution in [3.05, 3.63) is 16.0 Å². The fourth-order valence-electron chi connectivity index (χ4n) is 5.53. The van der Waals surface area contributed by atoms with E-state index in [1.165, 1.54) is 21.1 Å². The summed E-state index contributed by atoms with van der Waals surface area (Å²) in [5.41, 5.74) is 1.65. The number of rotatable bonds is 3. The molecule has 6 nitrogen and oxygen atoms in total. The van der Waals surface area contributed by atoms with E-state index in [0.717, 1.165) is 50.5 Å². The molecule has 4 heterocycles. The number of carbonyl (C=O) groups excluding carboxylic acids is 3. The van der Waals surface area contributed by atoms with E-state index in [2.05, 4.69) is 12.2 Å². The van der Waals surface area contributed by atoms with Crippen molar-refractivity contribution >= 4 is 34.1 Å². The Labute approximate surface area is 167 Å². The van der Waals surface area contributed by atoms with E-state index < -0.39 is 0 Å². The summed E-state index contributed by atoms with van der Waals surface area (Å²) in [6.45, 7) is 2.22. The second-order valence-corrected chi connectivity index (χ2v) is 10.2. The molecule has 0 unspecified atom stereocenters. The van der Waals surface area contributed by atoms with Crippen LogP contribution in [0.15, 0.2) is 0 Å². The first-order valence-corrected chi connectivity index (χ1v) is 11.3. The number of carbonyl (C=O) groups is 3. The number of nitrogens with zero attached hydrogens (tertiary/aromatic N) is 1. The van der Waals surface area contributed by atoms with E-state index >= 15 is 0 Å². The van der Waals surface area contributed by atoms with E-state index in [-0.39, 0.29) is 47.8 Å². The fourth-order valence-corrected chi connectivity index (χ4v) is 7.04. The molecule has 1 aromatic heterocycles. The summed E-state index contributed by atoms with van der Waals surface area (Å²) in [5, 5.41) is 3.66. The van der Waals surface area contributed by atoms with Gasteiger partial charge in [-0.25, -0.2) is 4.90 Å². The summed E-state index contributed by atoms with van der Waals surface area (Å²) >= 11 is 1.49. The standard InChI is InChI=1S/C21H24N2O4S/c1-9-2-5-11-14(8-9)28-21(15(11)18(24)22-10-3-4-10)23-19(25)16-12-6-7-13(27-12)17(16)20(23)26/h9-10,12-13,16-17H,2-8H2,1H3,(H,22,24)/t9-,12-,13-,16+,17+/m1/s1. The Hall–Kier alpha value is -1.73. The third kappa shape index (κ3) is 2.32. The molecular weight excluding hydrogens is 376 g/mol. The first-order chi connectivity index (χ1) is 13.5. The second-order valence-electron chi connectivity index (χ2n) is 9.13. The van der Waals surface area contributed by atoms with Crippen molar-refractivity contribution in [1.82, 2.24) is 5.32 Å². The Kier molecular flexibility index (Phi) is 3.61. The number of nitrogens with one attached hydrogen (secondary N) is 1. The van der Waals surface area contributed by atoms with Crippen LogP contribution in [0.5, 0.6) is 0 Å². The minimum absolute atomic E-state index is 0.110. The van der Waals surface area contributed by atoms with E-state index in [9.17, 15) is 14.4 Å².